The van der Waals surface area contributed by atoms with Crippen molar-refractivity contribution in [1.82, 2.24) is 10.2 Å². The maximum Gasteiger partial charge on any atom is 0.0219 e. The number of hydrogen-bond acceptors (Lipinski definition) is 2. The van der Waals surface area contributed by atoms with Gasteiger partial charge in [-0.05, 0) is 18.3 Å². The molecule has 2 nitrogen and oxygen atoms in total. The molecule has 0 aromatic rings. The lowest BCUT2D eigenvalue weighted by Gasteiger charge is -2.42. The second-order valence-electron chi connectivity index (χ2n) is 6.07. The Hall–Kier alpha value is -0.0800. The number of hydrogen-bond donors (Lipinski definition) is 1. The average Bonchev–Trinajstić information content (AvgIpc) is 2.15. The first kappa shape index (κ1) is 13.0. The van der Waals surface area contributed by atoms with Crippen molar-refractivity contribution in [1.29, 1.82) is 0 Å². The van der Waals surface area contributed by atoms with Crippen molar-refractivity contribution in [3.63, 3.8) is 0 Å². The highest BCUT2D eigenvalue weighted by Crippen LogP contribution is 2.20. The minimum Gasteiger partial charge on any atom is -0.311 e. The van der Waals surface area contributed by atoms with Crippen molar-refractivity contribution < 1.29 is 0 Å². The molecule has 1 heterocycles. The van der Waals surface area contributed by atoms with Crippen LogP contribution >= 0.6 is 0 Å². The zero-order valence-electron chi connectivity index (χ0n) is 11.1. The van der Waals surface area contributed by atoms with Crippen LogP contribution in [0.2, 0.25) is 0 Å². The first-order valence-corrected chi connectivity index (χ1v) is 6.43. The van der Waals surface area contributed by atoms with E-state index >= 15 is 0 Å². The summed E-state index contributed by atoms with van der Waals surface area (Å²) >= 11 is 0. The fourth-order valence-electron chi connectivity index (χ4n) is 2.41. The zero-order valence-corrected chi connectivity index (χ0v) is 11.1. The molecule has 0 aromatic heterocycles. The Morgan fingerprint density at radius 3 is 2.33 bits per heavy atom. The molecule has 0 saturated carbocycles. The molecule has 2 heteroatoms. The molecule has 1 fully saturated rings. The molecular weight excluding hydrogens is 184 g/mol. The van der Waals surface area contributed by atoms with Crippen LogP contribution in [0.3, 0.4) is 0 Å². The molecule has 1 saturated heterocycles. The summed E-state index contributed by atoms with van der Waals surface area (Å²) in [6.45, 7) is 15.2. The van der Waals surface area contributed by atoms with Gasteiger partial charge in [0, 0.05) is 31.7 Å². The molecule has 0 aliphatic carbocycles. The maximum atomic E-state index is 3.64. The molecule has 1 N–H and O–H groups in total. The molecule has 0 radical (unpaired) electrons. The van der Waals surface area contributed by atoms with Crippen molar-refractivity contribution in [3.8, 4) is 0 Å². The summed E-state index contributed by atoms with van der Waals surface area (Å²) in [4.78, 5) is 2.69. The zero-order chi connectivity index (χ0) is 11.5. The van der Waals surface area contributed by atoms with Crippen LogP contribution in [0, 0.1) is 5.41 Å². The van der Waals surface area contributed by atoms with Gasteiger partial charge in [0.05, 0.1) is 0 Å². The fourth-order valence-corrected chi connectivity index (χ4v) is 2.41. The summed E-state index contributed by atoms with van der Waals surface area (Å²) in [6.07, 6.45) is 2.51. The van der Waals surface area contributed by atoms with E-state index in [1.165, 1.54) is 32.5 Å². The Kier molecular flexibility index (Phi) is 4.60. The number of piperazine rings is 1. The summed E-state index contributed by atoms with van der Waals surface area (Å²) < 4.78 is 0. The van der Waals surface area contributed by atoms with E-state index in [0.717, 1.165) is 6.04 Å². The molecule has 1 rings (SSSR count). The average molecular weight is 212 g/mol. The lowest BCUT2D eigenvalue weighted by Crippen LogP contribution is -2.57. The molecule has 2 atom stereocenters. The van der Waals surface area contributed by atoms with E-state index in [-0.39, 0.29) is 0 Å². The molecule has 1 aliphatic rings. The third kappa shape index (κ3) is 4.12. The van der Waals surface area contributed by atoms with Crippen molar-refractivity contribution >= 4 is 0 Å². The largest absolute Gasteiger partial charge is 0.311 e. The Morgan fingerprint density at radius 1 is 1.20 bits per heavy atom. The summed E-state index contributed by atoms with van der Waals surface area (Å²) in [5, 5.41) is 3.64. The first-order valence-electron chi connectivity index (χ1n) is 6.43. The van der Waals surface area contributed by atoms with Gasteiger partial charge in [-0.15, -0.1) is 0 Å². The van der Waals surface area contributed by atoms with E-state index in [2.05, 4.69) is 44.8 Å². The topological polar surface area (TPSA) is 15.3 Å². The highest BCUT2D eigenvalue weighted by atomic mass is 15.2. The van der Waals surface area contributed by atoms with Gasteiger partial charge in [0.15, 0.2) is 0 Å². The van der Waals surface area contributed by atoms with Crippen LogP contribution < -0.4 is 5.32 Å². The van der Waals surface area contributed by atoms with Crippen LogP contribution in [0.15, 0.2) is 0 Å². The van der Waals surface area contributed by atoms with E-state index in [1.807, 2.05) is 0 Å². The molecule has 0 spiro atoms. The molecule has 90 valence electrons. The van der Waals surface area contributed by atoms with Gasteiger partial charge >= 0.3 is 0 Å². The van der Waals surface area contributed by atoms with E-state index in [0.29, 0.717) is 11.5 Å². The van der Waals surface area contributed by atoms with Crippen molar-refractivity contribution in [2.45, 2.75) is 59.5 Å². The van der Waals surface area contributed by atoms with Crippen LogP contribution in [0.4, 0.5) is 0 Å². The first-order chi connectivity index (χ1) is 6.96. The Labute approximate surface area is 95.4 Å². The van der Waals surface area contributed by atoms with Crippen LogP contribution in [0.5, 0.6) is 0 Å². The normalized spacial score (nSPS) is 29.4. The van der Waals surface area contributed by atoms with Crippen molar-refractivity contribution in [2.24, 2.45) is 5.41 Å². The van der Waals surface area contributed by atoms with Gasteiger partial charge in [-0.2, -0.15) is 0 Å². The minimum atomic E-state index is 0.420. The van der Waals surface area contributed by atoms with Gasteiger partial charge in [0.2, 0.25) is 0 Å². The molecular formula is C13H28N2. The van der Waals surface area contributed by atoms with E-state index < -0.39 is 0 Å². The minimum absolute atomic E-state index is 0.420. The second-order valence-corrected chi connectivity index (χ2v) is 6.07. The van der Waals surface area contributed by atoms with Gasteiger partial charge in [-0.3, -0.25) is 4.90 Å². The van der Waals surface area contributed by atoms with E-state index in [9.17, 15) is 0 Å². The molecule has 1 aliphatic heterocycles. The maximum absolute atomic E-state index is 3.64. The summed E-state index contributed by atoms with van der Waals surface area (Å²) in [5.74, 6) is 0. The fraction of sp³-hybridized carbons (Fsp3) is 1.00. The van der Waals surface area contributed by atoms with Crippen LogP contribution in [0.1, 0.15) is 47.5 Å². The lowest BCUT2D eigenvalue weighted by molar-refractivity contribution is 0.0869. The third-order valence-corrected chi connectivity index (χ3v) is 3.25. The SMILES string of the molecule is CCC1CN(CC(C)(C)C)C(CC)CN1. The Balaban J connectivity index is 2.55. The second kappa shape index (κ2) is 5.31. The van der Waals surface area contributed by atoms with Crippen molar-refractivity contribution in [3.05, 3.63) is 0 Å². The Morgan fingerprint density at radius 2 is 1.87 bits per heavy atom. The van der Waals surface area contributed by atoms with Gasteiger partial charge in [0.1, 0.15) is 0 Å². The predicted octanol–water partition coefficient (Wildman–Crippen LogP) is 2.49. The third-order valence-electron chi connectivity index (χ3n) is 3.25. The lowest BCUT2D eigenvalue weighted by atomic mass is 9.93. The Bertz CT molecular complexity index is 183. The molecule has 0 aromatic carbocycles. The predicted molar refractivity (Wildman–Crippen MR) is 67.2 cm³/mol. The van der Waals surface area contributed by atoms with Crippen LogP contribution in [-0.4, -0.2) is 36.6 Å². The monoisotopic (exact) mass is 212 g/mol. The summed E-state index contributed by atoms with van der Waals surface area (Å²) in [6, 6.07) is 1.45. The van der Waals surface area contributed by atoms with E-state index in [1.54, 1.807) is 0 Å². The quantitative estimate of drug-likeness (QED) is 0.773. The van der Waals surface area contributed by atoms with Gasteiger partial charge in [-0.25, -0.2) is 0 Å². The standard InChI is InChI=1S/C13H28N2/c1-6-11-9-15(10-13(3,4)5)12(7-2)8-14-11/h11-12,14H,6-10H2,1-5H3. The number of nitrogens with one attached hydrogen (secondary N) is 1. The smallest absolute Gasteiger partial charge is 0.0219 e. The molecule has 0 bridgehead atoms. The summed E-state index contributed by atoms with van der Waals surface area (Å²) in [7, 11) is 0. The molecule has 0 amide bonds. The molecule has 2 unspecified atom stereocenters. The van der Waals surface area contributed by atoms with Crippen LogP contribution in [-0.2, 0) is 0 Å². The highest BCUT2D eigenvalue weighted by Gasteiger charge is 2.28. The summed E-state index contributed by atoms with van der Waals surface area (Å²) in [5.41, 5.74) is 0.420. The van der Waals surface area contributed by atoms with E-state index in [4.69, 9.17) is 0 Å². The van der Waals surface area contributed by atoms with Gasteiger partial charge in [-0.1, -0.05) is 34.6 Å². The number of rotatable bonds is 3. The molecule has 15 heavy (non-hydrogen) atoms. The van der Waals surface area contributed by atoms with Crippen molar-refractivity contribution in [2.75, 3.05) is 19.6 Å². The van der Waals surface area contributed by atoms with Gasteiger partial charge in [0.25, 0.3) is 0 Å². The van der Waals surface area contributed by atoms with Crippen LogP contribution in [0.25, 0.3) is 0 Å². The van der Waals surface area contributed by atoms with Gasteiger partial charge < -0.3 is 5.32 Å². The highest BCUT2D eigenvalue weighted by molar-refractivity contribution is 4.86. The number of nitrogens with zero attached hydrogens (tertiary/aromatic N) is 1.